The molecule has 0 atom stereocenters. The van der Waals surface area contributed by atoms with Crippen LogP contribution < -0.4 is 4.74 Å². The van der Waals surface area contributed by atoms with Crippen LogP contribution in [0.5, 0.6) is 5.75 Å². The van der Waals surface area contributed by atoms with Crippen molar-refractivity contribution in [2.24, 2.45) is 0 Å². The summed E-state index contributed by atoms with van der Waals surface area (Å²) in [6.45, 7) is 0. The number of ketones is 1. The van der Waals surface area contributed by atoms with Gasteiger partial charge in [0, 0.05) is 5.56 Å². The predicted octanol–water partition coefficient (Wildman–Crippen LogP) is 4.42. The summed E-state index contributed by atoms with van der Waals surface area (Å²) in [5, 5.41) is 3.97. The lowest BCUT2D eigenvalue weighted by Crippen LogP contribution is -1.95. The number of halogens is 1. The van der Waals surface area contributed by atoms with E-state index in [0.717, 1.165) is 10.0 Å². The fraction of sp³-hybridized carbons (Fsp3) is 0.0714. The summed E-state index contributed by atoms with van der Waals surface area (Å²) in [5.41, 5.74) is 1.68. The van der Waals surface area contributed by atoms with Gasteiger partial charge in [0.05, 0.1) is 11.6 Å². The van der Waals surface area contributed by atoms with Crippen LogP contribution in [0.25, 0.3) is 6.08 Å². The molecule has 0 unspecified atom stereocenters. The highest BCUT2D eigenvalue weighted by atomic mass is 79.9. The van der Waals surface area contributed by atoms with Gasteiger partial charge >= 0.3 is 0 Å². The molecule has 92 valence electrons. The van der Waals surface area contributed by atoms with E-state index in [1.165, 1.54) is 0 Å². The molecule has 0 aliphatic heterocycles. The maximum atomic E-state index is 11.9. The molecule has 0 radical (unpaired) electrons. The van der Waals surface area contributed by atoms with Crippen molar-refractivity contribution in [2.75, 3.05) is 7.11 Å². The summed E-state index contributed by atoms with van der Waals surface area (Å²) in [4.78, 5) is 11.9. The zero-order valence-electron chi connectivity index (χ0n) is 9.72. The minimum absolute atomic E-state index is 0.0236. The standard InChI is InChI=1S/C14H11BrO2S/c1-17-14-5-3-11(8-12(14)15)13(16)4-2-10-6-7-18-9-10/h2-9H,1H3/b4-2+. The van der Waals surface area contributed by atoms with E-state index in [1.54, 1.807) is 42.7 Å². The SMILES string of the molecule is COc1ccc(C(=O)/C=C/c2ccsc2)cc1Br. The van der Waals surface area contributed by atoms with Gasteiger partial charge in [0.25, 0.3) is 0 Å². The maximum Gasteiger partial charge on any atom is 0.185 e. The van der Waals surface area contributed by atoms with Crippen LogP contribution in [-0.2, 0) is 0 Å². The third kappa shape index (κ3) is 3.09. The van der Waals surface area contributed by atoms with E-state index in [-0.39, 0.29) is 5.78 Å². The molecule has 2 rings (SSSR count). The molecule has 0 amide bonds. The smallest absolute Gasteiger partial charge is 0.185 e. The van der Waals surface area contributed by atoms with Gasteiger partial charge in [0.15, 0.2) is 5.78 Å². The molecule has 0 N–H and O–H groups in total. The third-order valence-corrected chi connectivity index (χ3v) is 3.73. The lowest BCUT2D eigenvalue weighted by atomic mass is 10.1. The van der Waals surface area contributed by atoms with Gasteiger partial charge in [-0.3, -0.25) is 4.79 Å². The lowest BCUT2D eigenvalue weighted by molar-refractivity contribution is 0.104. The van der Waals surface area contributed by atoms with Gasteiger partial charge in [-0.25, -0.2) is 0 Å². The number of allylic oxidation sites excluding steroid dienone is 1. The van der Waals surface area contributed by atoms with Crippen molar-refractivity contribution >= 4 is 39.1 Å². The first-order valence-corrected chi connectivity index (χ1v) is 7.02. The summed E-state index contributed by atoms with van der Waals surface area (Å²) < 4.78 is 5.90. The van der Waals surface area contributed by atoms with E-state index >= 15 is 0 Å². The highest BCUT2D eigenvalue weighted by Gasteiger charge is 2.06. The predicted molar refractivity (Wildman–Crippen MR) is 78.4 cm³/mol. The van der Waals surface area contributed by atoms with E-state index in [0.29, 0.717) is 11.3 Å². The molecule has 1 aromatic heterocycles. The molecule has 0 bridgehead atoms. The molecule has 0 spiro atoms. The minimum Gasteiger partial charge on any atom is -0.496 e. The molecule has 18 heavy (non-hydrogen) atoms. The molecular formula is C14H11BrO2S. The van der Waals surface area contributed by atoms with Crippen molar-refractivity contribution in [2.45, 2.75) is 0 Å². The summed E-state index contributed by atoms with van der Waals surface area (Å²) >= 11 is 4.97. The Balaban J connectivity index is 2.16. The van der Waals surface area contributed by atoms with Gasteiger partial charge in [-0.15, -0.1) is 0 Å². The Hall–Kier alpha value is -1.39. The Labute approximate surface area is 118 Å². The van der Waals surface area contributed by atoms with Gasteiger partial charge in [-0.2, -0.15) is 11.3 Å². The second-order valence-corrected chi connectivity index (χ2v) is 5.24. The minimum atomic E-state index is -0.0236. The molecule has 0 fully saturated rings. The Morgan fingerprint density at radius 1 is 1.39 bits per heavy atom. The van der Waals surface area contributed by atoms with Crippen molar-refractivity contribution in [3.63, 3.8) is 0 Å². The molecular weight excluding hydrogens is 312 g/mol. The van der Waals surface area contributed by atoms with Crippen LogP contribution in [-0.4, -0.2) is 12.9 Å². The van der Waals surface area contributed by atoms with E-state index in [2.05, 4.69) is 15.9 Å². The number of ether oxygens (including phenoxy) is 1. The summed E-state index contributed by atoms with van der Waals surface area (Å²) in [5.74, 6) is 0.693. The lowest BCUT2D eigenvalue weighted by Gasteiger charge is -2.03. The number of carbonyl (C=O) groups is 1. The molecule has 4 heteroatoms. The summed E-state index contributed by atoms with van der Waals surface area (Å²) in [6.07, 6.45) is 3.40. The molecule has 2 aromatic rings. The molecule has 2 nitrogen and oxygen atoms in total. The largest absolute Gasteiger partial charge is 0.496 e. The Bertz CT molecular complexity index is 573. The highest BCUT2D eigenvalue weighted by Crippen LogP contribution is 2.25. The Morgan fingerprint density at radius 2 is 2.22 bits per heavy atom. The van der Waals surface area contributed by atoms with E-state index in [1.807, 2.05) is 22.9 Å². The van der Waals surface area contributed by atoms with E-state index in [9.17, 15) is 4.79 Å². The van der Waals surface area contributed by atoms with Crippen LogP contribution in [0.4, 0.5) is 0 Å². The monoisotopic (exact) mass is 322 g/mol. The average Bonchev–Trinajstić information content (AvgIpc) is 2.89. The van der Waals surface area contributed by atoms with Gasteiger partial charge < -0.3 is 4.74 Å². The zero-order chi connectivity index (χ0) is 13.0. The van der Waals surface area contributed by atoms with E-state index in [4.69, 9.17) is 4.74 Å². The van der Waals surface area contributed by atoms with Crippen molar-refractivity contribution in [3.05, 3.63) is 56.7 Å². The average molecular weight is 323 g/mol. The van der Waals surface area contributed by atoms with Gasteiger partial charge in [-0.1, -0.05) is 6.08 Å². The fourth-order valence-electron chi connectivity index (χ4n) is 1.46. The highest BCUT2D eigenvalue weighted by molar-refractivity contribution is 9.10. The van der Waals surface area contributed by atoms with Gasteiger partial charge in [-0.05, 0) is 62.6 Å². The topological polar surface area (TPSA) is 26.3 Å². The number of rotatable bonds is 4. The summed E-state index contributed by atoms with van der Waals surface area (Å²) in [7, 11) is 1.60. The molecule has 0 saturated heterocycles. The number of hydrogen-bond donors (Lipinski definition) is 0. The number of benzene rings is 1. The third-order valence-electron chi connectivity index (χ3n) is 2.41. The van der Waals surface area contributed by atoms with Crippen LogP contribution in [0, 0.1) is 0 Å². The fourth-order valence-corrected chi connectivity index (χ4v) is 2.63. The molecule has 1 aromatic carbocycles. The number of hydrogen-bond acceptors (Lipinski definition) is 3. The number of thiophene rings is 1. The first-order valence-electron chi connectivity index (χ1n) is 5.29. The van der Waals surface area contributed by atoms with Gasteiger partial charge in [0.2, 0.25) is 0 Å². The quantitative estimate of drug-likeness (QED) is 0.615. The van der Waals surface area contributed by atoms with E-state index < -0.39 is 0 Å². The first-order chi connectivity index (χ1) is 8.70. The maximum absolute atomic E-state index is 11.9. The molecule has 0 aliphatic rings. The van der Waals surface area contributed by atoms with Gasteiger partial charge in [0.1, 0.15) is 5.75 Å². The van der Waals surface area contributed by atoms with Crippen LogP contribution in [0.1, 0.15) is 15.9 Å². The van der Waals surface area contributed by atoms with Crippen LogP contribution in [0.2, 0.25) is 0 Å². The van der Waals surface area contributed by atoms with Crippen molar-refractivity contribution < 1.29 is 9.53 Å². The van der Waals surface area contributed by atoms with Crippen molar-refractivity contribution in [1.29, 1.82) is 0 Å². The van der Waals surface area contributed by atoms with Crippen LogP contribution in [0.15, 0.2) is 45.6 Å². The summed E-state index contributed by atoms with van der Waals surface area (Å²) in [6, 6.07) is 7.26. The number of carbonyl (C=O) groups excluding carboxylic acids is 1. The normalized spacial score (nSPS) is 10.8. The zero-order valence-corrected chi connectivity index (χ0v) is 12.1. The number of methoxy groups -OCH3 is 1. The molecule has 0 aliphatic carbocycles. The first kappa shape index (κ1) is 13.1. The Morgan fingerprint density at radius 3 is 2.83 bits per heavy atom. The van der Waals surface area contributed by atoms with Crippen LogP contribution >= 0.6 is 27.3 Å². The Kier molecular flexibility index (Phi) is 4.33. The second-order valence-electron chi connectivity index (χ2n) is 3.60. The second kappa shape index (κ2) is 5.98. The van der Waals surface area contributed by atoms with Crippen molar-refractivity contribution in [1.82, 2.24) is 0 Å². The van der Waals surface area contributed by atoms with Crippen molar-refractivity contribution in [3.8, 4) is 5.75 Å². The molecule has 1 heterocycles. The molecule has 0 saturated carbocycles. The van der Waals surface area contributed by atoms with Crippen LogP contribution in [0.3, 0.4) is 0 Å².